The quantitative estimate of drug-likeness (QED) is 0.209. The SMILES string of the molecule is NN(C(=O)O)C1COC1=O. The van der Waals surface area contributed by atoms with Crippen LogP contribution >= 0.6 is 0 Å². The summed E-state index contributed by atoms with van der Waals surface area (Å²) >= 11 is 0. The average molecular weight is 146 g/mol. The predicted molar refractivity (Wildman–Crippen MR) is 28.8 cm³/mol. The highest BCUT2D eigenvalue weighted by Crippen LogP contribution is 2.08. The van der Waals surface area contributed by atoms with Gasteiger partial charge in [-0.1, -0.05) is 0 Å². The van der Waals surface area contributed by atoms with Crippen LogP contribution in [-0.2, 0) is 9.53 Å². The fourth-order valence-corrected chi connectivity index (χ4v) is 0.553. The number of esters is 1. The monoisotopic (exact) mass is 146 g/mol. The number of ether oxygens (including phenoxy) is 1. The molecule has 0 aromatic heterocycles. The van der Waals surface area contributed by atoms with E-state index < -0.39 is 18.1 Å². The zero-order valence-electron chi connectivity index (χ0n) is 4.98. The Balaban J connectivity index is 2.49. The molecule has 0 aromatic carbocycles. The molecule has 0 aromatic rings. The fourth-order valence-electron chi connectivity index (χ4n) is 0.553. The summed E-state index contributed by atoms with van der Waals surface area (Å²) in [7, 11) is 0. The number of nitrogens with two attached hydrogens (primary N) is 1. The molecule has 1 fully saturated rings. The summed E-state index contributed by atoms with van der Waals surface area (Å²) in [6.45, 7) is 0.0572. The molecule has 3 N–H and O–H groups in total. The van der Waals surface area contributed by atoms with E-state index in [0.717, 1.165) is 0 Å². The van der Waals surface area contributed by atoms with Crippen LogP contribution in [0, 0.1) is 0 Å². The van der Waals surface area contributed by atoms with E-state index >= 15 is 0 Å². The minimum absolute atomic E-state index is 0.0572. The second kappa shape index (κ2) is 2.14. The average Bonchev–Trinajstić information content (AvgIpc) is 1.84. The molecule has 0 spiro atoms. The maximum absolute atomic E-state index is 10.4. The zero-order chi connectivity index (χ0) is 7.72. The molecule has 10 heavy (non-hydrogen) atoms. The number of amides is 1. The smallest absolute Gasteiger partial charge is 0.422 e. The molecule has 1 rings (SSSR count). The lowest BCUT2D eigenvalue weighted by molar-refractivity contribution is -0.169. The lowest BCUT2D eigenvalue weighted by Gasteiger charge is -2.29. The van der Waals surface area contributed by atoms with Gasteiger partial charge in [-0.3, -0.25) is 0 Å². The molecule has 1 unspecified atom stereocenters. The van der Waals surface area contributed by atoms with Crippen LogP contribution in [0.4, 0.5) is 4.79 Å². The second-order valence-electron chi connectivity index (χ2n) is 1.84. The molecule has 1 saturated heterocycles. The molecule has 1 amide bonds. The van der Waals surface area contributed by atoms with Crippen molar-refractivity contribution >= 4 is 12.1 Å². The van der Waals surface area contributed by atoms with Gasteiger partial charge in [0.25, 0.3) is 0 Å². The molecule has 0 saturated carbocycles. The molecule has 0 bridgehead atoms. The number of hydrogen-bond acceptors (Lipinski definition) is 4. The van der Waals surface area contributed by atoms with Crippen LogP contribution in [0.3, 0.4) is 0 Å². The van der Waals surface area contributed by atoms with Gasteiger partial charge in [-0.15, -0.1) is 0 Å². The Labute approximate surface area is 56.1 Å². The van der Waals surface area contributed by atoms with Crippen LogP contribution in [0.2, 0.25) is 0 Å². The summed E-state index contributed by atoms with van der Waals surface area (Å²) in [5.74, 6) is 4.35. The number of carboxylic acid groups (broad SMARTS) is 1. The molecule has 1 aliphatic rings. The standard InChI is InChI=1S/C4H6N2O4/c5-6(4(8)9)2-1-10-3(2)7/h2H,1,5H2,(H,8,9). The number of cyclic esters (lactones) is 1. The first-order valence-corrected chi connectivity index (χ1v) is 2.56. The summed E-state index contributed by atoms with van der Waals surface area (Å²) in [5.41, 5.74) is 0. The van der Waals surface area contributed by atoms with E-state index in [1.54, 1.807) is 0 Å². The molecular weight excluding hydrogens is 140 g/mol. The molecule has 1 heterocycles. The van der Waals surface area contributed by atoms with Crippen molar-refractivity contribution in [3.63, 3.8) is 0 Å². The number of nitrogens with zero attached hydrogens (tertiary/aromatic N) is 1. The third kappa shape index (κ3) is 0.883. The van der Waals surface area contributed by atoms with Crippen LogP contribution in [0.15, 0.2) is 0 Å². The van der Waals surface area contributed by atoms with Crippen LogP contribution in [0.25, 0.3) is 0 Å². The first-order valence-electron chi connectivity index (χ1n) is 2.56. The van der Waals surface area contributed by atoms with Gasteiger partial charge in [-0.05, 0) is 0 Å². The van der Waals surface area contributed by atoms with E-state index in [1.165, 1.54) is 0 Å². The van der Waals surface area contributed by atoms with E-state index in [1.807, 2.05) is 0 Å². The maximum Gasteiger partial charge on any atom is 0.422 e. The first kappa shape index (κ1) is 6.81. The summed E-state index contributed by atoms with van der Waals surface area (Å²) in [5, 5.41) is 8.66. The molecule has 6 nitrogen and oxygen atoms in total. The normalized spacial score (nSPS) is 22.9. The highest BCUT2D eigenvalue weighted by atomic mass is 16.6. The van der Waals surface area contributed by atoms with E-state index in [2.05, 4.69) is 4.74 Å². The summed E-state index contributed by atoms with van der Waals surface area (Å²) in [6, 6.07) is -0.808. The van der Waals surface area contributed by atoms with E-state index in [9.17, 15) is 9.59 Å². The van der Waals surface area contributed by atoms with E-state index in [4.69, 9.17) is 10.9 Å². The number of rotatable bonds is 1. The summed E-state index contributed by atoms with van der Waals surface area (Å²) in [4.78, 5) is 20.4. The van der Waals surface area contributed by atoms with Crippen LogP contribution in [-0.4, -0.2) is 34.8 Å². The van der Waals surface area contributed by atoms with Crippen molar-refractivity contribution in [3.8, 4) is 0 Å². The van der Waals surface area contributed by atoms with Gasteiger partial charge < -0.3 is 9.84 Å². The lowest BCUT2D eigenvalue weighted by atomic mass is 10.2. The van der Waals surface area contributed by atoms with Crippen LogP contribution < -0.4 is 5.84 Å². The van der Waals surface area contributed by atoms with Gasteiger partial charge in [0, 0.05) is 0 Å². The third-order valence-electron chi connectivity index (χ3n) is 1.21. The van der Waals surface area contributed by atoms with Crippen molar-refractivity contribution < 1.29 is 19.4 Å². The van der Waals surface area contributed by atoms with Crippen molar-refractivity contribution in [2.24, 2.45) is 5.84 Å². The van der Waals surface area contributed by atoms with Gasteiger partial charge in [-0.25, -0.2) is 20.4 Å². The fraction of sp³-hybridized carbons (Fsp3) is 0.500. The maximum atomic E-state index is 10.4. The number of hydrazine groups is 1. The Hall–Kier alpha value is -1.30. The minimum Gasteiger partial charge on any atom is -0.464 e. The Morgan fingerprint density at radius 3 is 2.60 bits per heavy atom. The highest BCUT2D eigenvalue weighted by Gasteiger charge is 2.37. The molecule has 56 valence electrons. The predicted octanol–water partition coefficient (Wildman–Crippen LogP) is -1.23. The van der Waals surface area contributed by atoms with Gasteiger partial charge in [0.1, 0.15) is 6.61 Å². The van der Waals surface area contributed by atoms with Gasteiger partial charge in [-0.2, -0.15) is 0 Å². The van der Waals surface area contributed by atoms with Gasteiger partial charge in [0.15, 0.2) is 6.04 Å². The molecule has 6 heteroatoms. The van der Waals surface area contributed by atoms with Crippen molar-refractivity contribution in [1.82, 2.24) is 5.01 Å². The largest absolute Gasteiger partial charge is 0.464 e. The van der Waals surface area contributed by atoms with Crippen molar-refractivity contribution in [3.05, 3.63) is 0 Å². The Morgan fingerprint density at radius 2 is 2.50 bits per heavy atom. The Bertz CT molecular complexity index is 172. The number of hydrogen-bond donors (Lipinski definition) is 2. The Morgan fingerprint density at radius 1 is 1.90 bits per heavy atom. The summed E-state index contributed by atoms with van der Waals surface area (Å²) < 4.78 is 4.29. The van der Waals surface area contributed by atoms with E-state index in [0.29, 0.717) is 5.01 Å². The van der Waals surface area contributed by atoms with E-state index in [-0.39, 0.29) is 6.61 Å². The van der Waals surface area contributed by atoms with Crippen molar-refractivity contribution in [1.29, 1.82) is 0 Å². The van der Waals surface area contributed by atoms with Crippen LogP contribution in [0.5, 0.6) is 0 Å². The van der Waals surface area contributed by atoms with Gasteiger partial charge in [0.2, 0.25) is 0 Å². The zero-order valence-corrected chi connectivity index (χ0v) is 4.98. The lowest BCUT2D eigenvalue weighted by Crippen LogP contribution is -2.58. The first-order chi connectivity index (χ1) is 4.63. The molecule has 0 aliphatic carbocycles. The molecule has 0 radical (unpaired) electrons. The number of carbonyl (C=O) groups excluding carboxylic acids is 1. The number of carbonyl (C=O) groups is 2. The third-order valence-corrected chi connectivity index (χ3v) is 1.21. The van der Waals surface area contributed by atoms with Crippen molar-refractivity contribution in [2.45, 2.75) is 6.04 Å². The topological polar surface area (TPSA) is 92.9 Å². The van der Waals surface area contributed by atoms with Gasteiger partial charge in [0.05, 0.1) is 0 Å². The van der Waals surface area contributed by atoms with Crippen LogP contribution in [0.1, 0.15) is 0 Å². The minimum atomic E-state index is -1.33. The molecule has 1 atom stereocenters. The second-order valence-corrected chi connectivity index (χ2v) is 1.84. The molecular formula is C4H6N2O4. The van der Waals surface area contributed by atoms with Gasteiger partial charge >= 0.3 is 12.1 Å². The highest BCUT2D eigenvalue weighted by molar-refractivity contribution is 5.84. The molecule has 1 aliphatic heterocycles. The summed E-state index contributed by atoms with van der Waals surface area (Å²) in [6.07, 6.45) is -1.33. The Kier molecular flexibility index (Phi) is 1.46. The van der Waals surface area contributed by atoms with Crippen molar-refractivity contribution in [2.75, 3.05) is 6.61 Å².